The molecule has 1 N–H and O–H groups in total. The Morgan fingerprint density at radius 2 is 1.93 bits per heavy atom. The van der Waals surface area contributed by atoms with Gasteiger partial charge in [0, 0.05) is 18.3 Å². The Morgan fingerprint density at radius 1 is 1.15 bits per heavy atom. The topological polar surface area (TPSA) is 65.3 Å². The highest BCUT2D eigenvalue weighted by atomic mass is 16.3. The van der Waals surface area contributed by atoms with Crippen molar-refractivity contribution >= 4 is 23.2 Å². The van der Waals surface area contributed by atoms with Crippen LogP contribution in [0.4, 0.5) is 0 Å². The van der Waals surface area contributed by atoms with Gasteiger partial charge < -0.3 is 10.0 Å². The quantitative estimate of drug-likeness (QED) is 0.836. The first-order valence-corrected chi connectivity index (χ1v) is 8.52. The number of carbonyl (C=O) groups excluding carboxylic acids is 1. The molecule has 1 amide bonds. The SMILES string of the molecule is C=CC(=O)/N=C1\N=C2C=CC(c3ccc(O)cc3)=CN2Cc2ccccc21. The lowest BCUT2D eigenvalue weighted by Gasteiger charge is -2.23. The van der Waals surface area contributed by atoms with Gasteiger partial charge in [-0.2, -0.15) is 4.99 Å². The molecule has 5 nitrogen and oxygen atoms in total. The first-order chi connectivity index (χ1) is 13.1. The zero-order chi connectivity index (χ0) is 18.8. The number of fused-ring (bicyclic) bond motifs is 2. The Labute approximate surface area is 157 Å². The van der Waals surface area contributed by atoms with Gasteiger partial charge in [0.25, 0.3) is 5.91 Å². The minimum Gasteiger partial charge on any atom is -0.508 e. The normalized spacial score (nSPS) is 16.7. The summed E-state index contributed by atoms with van der Waals surface area (Å²) >= 11 is 0. The van der Waals surface area contributed by atoms with Crippen LogP contribution in [-0.2, 0) is 11.3 Å². The van der Waals surface area contributed by atoms with Crippen LogP contribution in [0.25, 0.3) is 5.57 Å². The van der Waals surface area contributed by atoms with E-state index in [4.69, 9.17) is 0 Å². The van der Waals surface area contributed by atoms with Gasteiger partial charge in [0.1, 0.15) is 11.6 Å². The monoisotopic (exact) mass is 355 g/mol. The van der Waals surface area contributed by atoms with Gasteiger partial charge in [-0.25, -0.2) is 4.99 Å². The van der Waals surface area contributed by atoms with Gasteiger partial charge in [0.15, 0.2) is 5.84 Å². The minimum atomic E-state index is -0.419. The summed E-state index contributed by atoms with van der Waals surface area (Å²) in [6, 6.07) is 14.9. The lowest BCUT2D eigenvalue weighted by Crippen LogP contribution is -2.25. The lowest BCUT2D eigenvalue weighted by molar-refractivity contribution is -0.113. The molecule has 0 aromatic heterocycles. The maximum Gasteiger partial charge on any atom is 0.271 e. The largest absolute Gasteiger partial charge is 0.508 e. The fraction of sp³-hybridized carbons (Fsp3) is 0.0455. The van der Waals surface area contributed by atoms with E-state index in [1.807, 2.05) is 59.7 Å². The lowest BCUT2D eigenvalue weighted by atomic mass is 10.0. The van der Waals surface area contributed by atoms with Crippen LogP contribution >= 0.6 is 0 Å². The van der Waals surface area contributed by atoms with Gasteiger partial charge in [0.2, 0.25) is 0 Å². The van der Waals surface area contributed by atoms with Gasteiger partial charge >= 0.3 is 0 Å². The molecule has 0 spiro atoms. The van der Waals surface area contributed by atoms with E-state index in [9.17, 15) is 9.90 Å². The van der Waals surface area contributed by atoms with Gasteiger partial charge in [-0.1, -0.05) is 43.0 Å². The van der Waals surface area contributed by atoms with Crippen LogP contribution in [-0.4, -0.2) is 27.6 Å². The van der Waals surface area contributed by atoms with E-state index in [0.717, 1.165) is 22.3 Å². The molecule has 132 valence electrons. The van der Waals surface area contributed by atoms with E-state index in [-0.39, 0.29) is 5.75 Å². The number of rotatable bonds is 2. The zero-order valence-electron chi connectivity index (χ0n) is 14.5. The van der Waals surface area contributed by atoms with E-state index < -0.39 is 5.91 Å². The molecule has 0 fully saturated rings. The average molecular weight is 355 g/mol. The molecule has 5 heteroatoms. The molecule has 0 aliphatic carbocycles. The first kappa shape index (κ1) is 16.7. The number of aliphatic imine (C=N–C) groups is 2. The summed E-state index contributed by atoms with van der Waals surface area (Å²) in [5.74, 6) is 0.916. The van der Waals surface area contributed by atoms with Crippen molar-refractivity contribution < 1.29 is 9.90 Å². The number of hydrogen-bond donors (Lipinski definition) is 1. The van der Waals surface area contributed by atoms with Crippen molar-refractivity contribution in [2.45, 2.75) is 6.54 Å². The Hall–Kier alpha value is -3.73. The van der Waals surface area contributed by atoms with Gasteiger partial charge in [-0.3, -0.25) is 4.79 Å². The maximum atomic E-state index is 11.8. The second kappa shape index (κ2) is 6.88. The standard InChI is InChI=1S/C22H17N3O2/c1-2-21(27)24-22-19-6-4-3-5-17(19)14-25-13-16(9-12-20(25)23-22)15-7-10-18(26)11-8-15/h2-13,26H,1,14H2/b24-22-. The maximum absolute atomic E-state index is 11.8. The molecule has 2 heterocycles. The fourth-order valence-corrected chi connectivity index (χ4v) is 3.05. The van der Waals surface area contributed by atoms with E-state index in [0.29, 0.717) is 18.2 Å². The molecule has 0 saturated carbocycles. The molecule has 0 bridgehead atoms. The van der Waals surface area contributed by atoms with Crippen LogP contribution < -0.4 is 0 Å². The number of amides is 1. The van der Waals surface area contributed by atoms with Crippen molar-refractivity contribution in [2.24, 2.45) is 9.98 Å². The van der Waals surface area contributed by atoms with E-state index >= 15 is 0 Å². The van der Waals surface area contributed by atoms with Crippen LogP contribution in [0.15, 0.2) is 89.5 Å². The molecule has 0 unspecified atom stereocenters. The van der Waals surface area contributed by atoms with Crippen molar-refractivity contribution in [3.8, 4) is 5.75 Å². The van der Waals surface area contributed by atoms with Crippen LogP contribution in [0.5, 0.6) is 5.75 Å². The fourth-order valence-electron chi connectivity index (χ4n) is 3.05. The third kappa shape index (κ3) is 3.35. The van der Waals surface area contributed by atoms with Crippen molar-refractivity contribution in [3.05, 3.63) is 96.2 Å². The molecule has 0 radical (unpaired) electrons. The smallest absolute Gasteiger partial charge is 0.271 e. The van der Waals surface area contributed by atoms with E-state index in [2.05, 4.69) is 16.6 Å². The molecule has 2 aliphatic heterocycles. The minimum absolute atomic E-state index is 0.234. The number of phenols is 1. The van der Waals surface area contributed by atoms with Crippen molar-refractivity contribution in [2.75, 3.05) is 0 Å². The average Bonchev–Trinajstić information content (AvgIpc) is 2.84. The number of aromatic hydroxyl groups is 1. The van der Waals surface area contributed by atoms with Crippen LogP contribution in [0.2, 0.25) is 0 Å². The zero-order valence-corrected chi connectivity index (χ0v) is 14.5. The summed E-state index contributed by atoms with van der Waals surface area (Å²) in [7, 11) is 0. The molecular formula is C22H17N3O2. The molecule has 0 atom stereocenters. The second-order valence-corrected chi connectivity index (χ2v) is 6.20. The third-order valence-electron chi connectivity index (χ3n) is 4.41. The molecule has 4 rings (SSSR count). The summed E-state index contributed by atoms with van der Waals surface area (Å²) in [5, 5.41) is 9.50. The molecule has 2 aromatic rings. The number of benzene rings is 2. The molecule has 2 aromatic carbocycles. The summed E-state index contributed by atoms with van der Waals surface area (Å²) in [5.41, 5.74) is 3.87. The van der Waals surface area contributed by atoms with Crippen LogP contribution in [0.3, 0.4) is 0 Å². The van der Waals surface area contributed by atoms with E-state index in [1.54, 1.807) is 12.1 Å². The Balaban J connectivity index is 1.78. The Kier molecular flexibility index (Phi) is 4.26. The van der Waals surface area contributed by atoms with Gasteiger partial charge in [-0.15, -0.1) is 0 Å². The number of nitrogens with zero attached hydrogens (tertiary/aromatic N) is 3. The van der Waals surface area contributed by atoms with Crippen LogP contribution in [0, 0.1) is 0 Å². The summed E-state index contributed by atoms with van der Waals surface area (Å²) in [4.78, 5) is 22.5. The highest BCUT2D eigenvalue weighted by Gasteiger charge is 2.22. The number of phenolic OH excluding ortho intramolecular Hbond substituents is 1. The first-order valence-electron chi connectivity index (χ1n) is 8.52. The van der Waals surface area contributed by atoms with Crippen molar-refractivity contribution in [3.63, 3.8) is 0 Å². The van der Waals surface area contributed by atoms with E-state index in [1.165, 1.54) is 6.08 Å². The Morgan fingerprint density at radius 3 is 2.70 bits per heavy atom. The molecule has 27 heavy (non-hydrogen) atoms. The number of hydrogen-bond acceptors (Lipinski definition) is 3. The molecule has 2 aliphatic rings. The number of amidine groups is 2. The highest BCUT2D eigenvalue weighted by Crippen LogP contribution is 2.26. The predicted molar refractivity (Wildman–Crippen MR) is 106 cm³/mol. The highest BCUT2D eigenvalue weighted by molar-refractivity contribution is 6.16. The summed E-state index contributed by atoms with van der Waals surface area (Å²) in [6.45, 7) is 4.09. The second-order valence-electron chi connectivity index (χ2n) is 6.20. The number of allylic oxidation sites excluding steroid dienone is 2. The molecular weight excluding hydrogens is 338 g/mol. The number of carbonyl (C=O) groups is 1. The van der Waals surface area contributed by atoms with Crippen molar-refractivity contribution in [1.29, 1.82) is 0 Å². The third-order valence-corrected chi connectivity index (χ3v) is 4.41. The van der Waals surface area contributed by atoms with Gasteiger partial charge in [0.05, 0.1) is 0 Å². The molecule has 0 saturated heterocycles. The summed E-state index contributed by atoms with van der Waals surface area (Å²) in [6.07, 6.45) is 7.06. The Bertz CT molecular complexity index is 1040. The predicted octanol–water partition coefficient (Wildman–Crippen LogP) is 3.68. The van der Waals surface area contributed by atoms with Crippen molar-refractivity contribution in [1.82, 2.24) is 4.90 Å². The van der Waals surface area contributed by atoms with Crippen LogP contribution in [0.1, 0.15) is 16.7 Å². The van der Waals surface area contributed by atoms with Gasteiger partial charge in [-0.05, 0) is 47.1 Å². The summed E-state index contributed by atoms with van der Waals surface area (Å²) < 4.78 is 0.